The number of aromatic nitrogens is 4. The first-order valence-electron chi connectivity index (χ1n) is 3.67. The molecule has 0 saturated heterocycles. The Hall–Kier alpha value is -2.04. The lowest BCUT2D eigenvalue weighted by atomic mass is 10.3. The summed E-state index contributed by atoms with van der Waals surface area (Å²) in [7, 11) is 0. The second kappa shape index (κ2) is 3.14. The lowest BCUT2D eigenvalue weighted by molar-refractivity contribution is 0.0959. The maximum Gasteiger partial charge on any atom is 0.265 e. The zero-order chi connectivity index (χ0) is 9.10. The van der Waals surface area contributed by atoms with Gasteiger partial charge in [0.1, 0.15) is 12.7 Å². The van der Waals surface area contributed by atoms with Crippen LogP contribution in [0, 0.1) is 0 Å². The van der Waals surface area contributed by atoms with Crippen molar-refractivity contribution in [2.45, 2.75) is 0 Å². The predicted molar refractivity (Wildman–Crippen MR) is 44.0 cm³/mol. The van der Waals surface area contributed by atoms with E-state index in [4.69, 9.17) is 0 Å². The molecule has 0 aromatic carbocycles. The third-order valence-electron chi connectivity index (χ3n) is 1.56. The maximum atomic E-state index is 11.6. The van der Waals surface area contributed by atoms with Crippen LogP contribution in [0.25, 0.3) is 0 Å². The molecule has 0 aliphatic carbocycles. The van der Waals surface area contributed by atoms with Crippen molar-refractivity contribution in [2.75, 3.05) is 0 Å². The molecule has 0 radical (unpaired) electrons. The summed E-state index contributed by atoms with van der Waals surface area (Å²) < 4.78 is 1.30. The first-order valence-corrected chi connectivity index (χ1v) is 3.67. The molecule has 0 bridgehead atoms. The second-order valence-corrected chi connectivity index (χ2v) is 2.42. The normalized spacial score (nSPS) is 9.85. The number of carbonyl (C=O) groups is 1. The van der Waals surface area contributed by atoms with E-state index in [2.05, 4.69) is 15.2 Å². The van der Waals surface area contributed by atoms with Crippen molar-refractivity contribution >= 4 is 5.91 Å². The highest BCUT2D eigenvalue weighted by atomic mass is 16.2. The van der Waals surface area contributed by atoms with Gasteiger partial charge in [0, 0.05) is 12.4 Å². The van der Waals surface area contributed by atoms with Crippen LogP contribution in [0.2, 0.25) is 0 Å². The zero-order valence-electron chi connectivity index (χ0n) is 6.66. The van der Waals surface area contributed by atoms with Crippen LogP contribution in [-0.2, 0) is 0 Å². The van der Waals surface area contributed by atoms with E-state index in [0.717, 1.165) is 0 Å². The van der Waals surface area contributed by atoms with E-state index < -0.39 is 0 Å². The van der Waals surface area contributed by atoms with Gasteiger partial charge in [0.2, 0.25) is 0 Å². The van der Waals surface area contributed by atoms with Gasteiger partial charge >= 0.3 is 0 Å². The number of rotatable bonds is 1. The Kier molecular flexibility index (Phi) is 1.84. The fraction of sp³-hybridized carbons (Fsp3) is 0. The number of pyridine rings is 1. The molecule has 5 nitrogen and oxygen atoms in total. The monoisotopic (exact) mass is 174 g/mol. The minimum absolute atomic E-state index is 0.182. The summed E-state index contributed by atoms with van der Waals surface area (Å²) in [5.41, 5.74) is 0.516. The van der Waals surface area contributed by atoms with E-state index in [1.165, 1.54) is 23.4 Å². The van der Waals surface area contributed by atoms with E-state index >= 15 is 0 Å². The molecule has 2 rings (SSSR count). The van der Waals surface area contributed by atoms with Crippen LogP contribution in [0.15, 0.2) is 37.2 Å². The van der Waals surface area contributed by atoms with Gasteiger partial charge in [-0.1, -0.05) is 0 Å². The van der Waals surface area contributed by atoms with Crippen LogP contribution >= 0.6 is 0 Å². The smallest absolute Gasteiger partial charge is 0.265 e. The molecule has 2 aromatic rings. The van der Waals surface area contributed by atoms with Crippen molar-refractivity contribution in [3.8, 4) is 0 Å². The molecule has 0 unspecified atom stereocenters. The Labute approximate surface area is 74.1 Å². The van der Waals surface area contributed by atoms with Crippen molar-refractivity contribution in [2.24, 2.45) is 0 Å². The molecule has 2 heterocycles. The van der Waals surface area contributed by atoms with Gasteiger partial charge in [-0.3, -0.25) is 14.3 Å². The van der Waals surface area contributed by atoms with Gasteiger partial charge in [-0.2, -0.15) is 0 Å². The molecule has 0 N–H and O–H groups in total. The first-order chi connectivity index (χ1) is 6.38. The maximum absolute atomic E-state index is 11.6. The second-order valence-electron chi connectivity index (χ2n) is 2.42. The van der Waals surface area contributed by atoms with Gasteiger partial charge in [-0.05, 0) is 12.1 Å². The highest BCUT2D eigenvalue weighted by Gasteiger charge is 2.06. The predicted octanol–water partition coefficient (Wildman–Crippen LogP) is 0.362. The first kappa shape index (κ1) is 7.60. The lowest BCUT2D eigenvalue weighted by Crippen LogP contribution is -2.09. The average Bonchev–Trinajstić information content (AvgIpc) is 2.71. The average molecular weight is 174 g/mol. The summed E-state index contributed by atoms with van der Waals surface area (Å²) in [4.78, 5) is 15.4. The van der Waals surface area contributed by atoms with E-state index in [1.54, 1.807) is 18.3 Å². The van der Waals surface area contributed by atoms with Crippen molar-refractivity contribution in [1.82, 2.24) is 19.7 Å². The fourth-order valence-corrected chi connectivity index (χ4v) is 0.944. The Morgan fingerprint density at radius 3 is 2.69 bits per heavy atom. The van der Waals surface area contributed by atoms with Crippen LogP contribution in [0.5, 0.6) is 0 Å². The molecule has 0 saturated carbocycles. The van der Waals surface area contributed by atoms with Gasteiger partial charge in [0.05, 0.1) is 5.56 Å². The molecule has 0 fully saturated rings. The van der Waals surface area contributed by atoms with Crippen LogP contribution < -0.4 is 0 Å². The van der Waals surface area contributed by atoms with E-state index in [1.807, 2.05) is 0 Å². The van der Waals surface area contributed by atoms with Crippen LogP contribution in [-0.4, -0.2) is 25.7 Å². The summed E-state index contributed by atoms with van der Waals surface area (Å²) in [5.74, 6) is -0.182. The molecule has 0 amide bonds. The number of hydrogen-bond acceptors (Lipinski definition) is 4. The Balaban J connectivity index is 2.34. The van der Waals surface area contributed by atoms with Crippen molar-refractivity contribution < 1.29 is 4.79 Å². The van der Waals surface area contributed by atoms with Crippen LogP contribution in [0.4, 0.5) is 0 Å². The number of hydrogen-bond donors (Lipinski definition) is 0. The third-order valence-corrected chi connectivity index (χ3v) is 1.56. The molecule has 0 aliphatic rings. The summed E-state index contributed by atoms with van der Waals surface area (Å²) in [6, 6.07) is 3.40. The fourth-order valence-electron chi connectivity index (χ4n) is 0.944. The Morgan fingerprint density at radius 2 is 2.08 bits per heavy atom. The minimum Gasteiger partial charge on any atom is -0.268 e. The molecule has 2 aromatic heterocycles. The van der Waals surface area contributed by atoms with Gasteiger partial charge in [-0.25, -0.2) is 0 Å². The van der Waals surface area contributed by atoms with Gasteiger partial charge in [0.25, 0.3) is 5.91 Å². The van der Waals surface area contributed by atoms with Gasteiger partial charge in [0.15, 0.2) is 0 Å². The molecular formula is C8H6N4O. The largest absolute Gasteiger partial charge is 0.268 e. The quantitative estimate of drug-likeness (QED) is 0.626. The Bertz CT molecular complexity index is 395. The summed E-state index contributed by atoms with van der Waals surface area (Å²) in [6.45, 7) is 0. The standard InChI is InChI=1S/C8H6N4O/c13-8(12-5-10-11-6-12)7-2-1-3-9-4-7/h1-6H. The highest BCUT2D eigenvalue weighted by molar-refractivity contribution is 5.95. The summed E-state index contributed by atoms with van der Waals surface area (Å²) >= 11 is 0. The molecule has 0 atom stereocenters. The van der Waals surface area contributed by atoms with Crippen molar-refractivity contribution in [3.05, 3.63) is 42.7 Å². The molecular weight excluding hydrogens is 168 g/mol. The van der Waals surface area contributed by atoms with Gasteiger partial charge in [-0.15, -0.1) is 10.2 Å². The number of nitrogens with zero attached hydrogens (tertiary/aromatic N) is 4. The van der Waals surface area contributed by atoms with Crippen LogP contribution in [0.3, 0.4) is 0 Å². The zero-order valence-corrected chi connectivity index (χ0v) is 6.66. The van der Waals surface area contributed by atoms with E-state index in [-0.39, 0.29) is 5.91 Å². The third kappa shape index (κ3) is 1.44. The lowest BCUT2D eigenvalue weighted by Gasteiger charge is -1.97. The van der Waals surface area contributed by atoms with Crippen LogP contribution in [0.1, 0.15) is 10.4 Å². The molecule has 5 heteroatoms. The Morgan fingerprint density at radius 1 is 1.31 bits per heavy atom. The highest BCUT2D eigenvalue weighted by Crippen LogP contribution is 1.98. The minimum atomic E-state index is -0.182. The molecule has 64 valence electrons. The molecule has 0 spiro atoms. The van der Waals surface area contributed by atoms with Crippen molar-refractivity contribution in [1.29, 1.82) is 0 Å². The molecule has 13 heavy (non-hydrogen) atoms. The number of carbonyl (C=O) groups excluding carboxylic acids is 1. The topological polar surface area (TPSA) is 60.7 Å². The van der Waals surface area contributed by atoms with Gasteiger partial charge < -0.3 is 0 Å². The van der Waals surface area contributed by atoms with E-state index in [9.17, 15) is 4.79 Å². The van der Waals surface area contributed by atoms with Crippen molar-refractivity contribution in [3.63, 3.8) is 0 Å². The summed E-state index contributed by atoms with van der Waals surface area (Å²) in [5, 5.41) is 7.08. The SMILES string of the molecule is O=C(c1cccnc1)n1cnnc1. The molecule has 0 aliphatic heterocycles. The van der Waals surface area contributed by atoms with E-state index in [0.29, 0.717) is 5.56 Å². The summed E-state index contributed by atoms with van der Waals surface area (Å²) in [6.07, 6.45) is 5.83.